The van der Waals surface area contributed by atoms with Crippen LogP contribution in [-0.4, -0.2) is 26.0 Å². The summed E-state index contributed by atoms with van der Waals surface area (Å²) in [4.78, 5) is 25.5. The van der Waals surface area contributed by atoms with Crippen LogP contribution in [-0.2, 0) is 0 Å². The number of ketones is 1. The number of carbonyl (C=O) groups excluding carboxylic acids is 2. The molecule has 0 atom stereocenters. The normalized spacial score (nSPS) is 10.1. The van der Waals surface area contributed by atoms with Gasteiger partial charge in [-0.05, 0) is 24.3 Å². The summed E-state index contributed by atoms with van der Waals surface area (Å²) >= 11 is 0. The average molecular weight is 362 g/mol. The van der Waals surface area contributed by atoms with Gasteiger partial charge in [-0.15, -0.1) is 0 Å². The summed E-state index contributed by atoms with van der Waals surface area (Å²) in [7, 11) is 2.90. The third-order valence-electron chi connectivity index (χ3n) is 3.98. The van der Waals surface area contributed by atoms with Gasteiger partial charge in [0.1, 0.15) is 0 Å². The smallest absolute Gasteiger partial charge is 0.343 e. The zero-order valence-electron chi connectivity index (χ0n) is 15.0. The maximum atomic E-state index is 13.0. The second kappa shape index (κ2) is 8.19. The van der Waals surface area contributed by atoms with Crippen LogP contribution in [0.15, 0.2) is 72.8 Å². The number of hydrogen-bond acceptors (Lipinski definition) is 5. The summed E-state index contributed by atoms with van der Waals surface area (Å²) in [5.41, 5.74) is 1.05. The summed E-state index contributed by atoms with van der Waals surface area (Å²) in [6, 6.07) is 20.4. The Morgan fingerprint density at radius 3 is 1.81 bits per heavy atom. The molecule has 3 rings (SSSR count). The van der Waals surface area contributed by atoms with Gasteiger partial charge in [-0.3, -0.25) is 4.79 Å². The second-order valence-electron chi connectivity index (χ2n) is 5.63. The molecule has 0 amide bonds. The largest absolute Gasteiger partial charge is 0.493 e. The van der Waals surface area contributed by atoms with Crippen LogP contribution in [0.25, 0.3) is 0 Å². The summed E-state index contributed by atoms with van der Waals surface area (Å²) in [5.74, 6) is -0.308. The number of rotatable bonds is 6. The predicted octanol–water partition coefficient (Wildman–Crippen LogP) is 4.15. The van der Waals surface area contributed by atoms with E-state index in [9.17, 15) is 9.59 Å². The molecule has 0 aliphatic rings. The number of benzene rings is 3. The van der Waals surface area contributed by atoms with E-state index in [1.807, 2.05) is 6.07 Å². The van der Waals surface area contributed by atoms with Gasteiger partial charge in [0, 0.05) is 5.56 Å². The molecule has 136 valence electrons. The van der Waals surface area contributed by atoms with E-state index in [0.29, 0.717) is 16.9 Å². The van der Waals surface area contributed by atoms with Crippen molar-refractivity contribution in [3.05, 3.63) is 89.5 Å². The summed E-state index contributed by atoms with van der Waals surface area (Å²) in [6.45, 7) is 0. The molecule has 0 heterocycles. The highest BCUT2D eigenvalue weighted by molar-refractivity contribution is 6.12. The predicted molar refractivity (Wildman–Crippen MR) is 101 cm³/mol. The molecular weight excluding hydrogens is 344 g/mol. The van der Waals surface area contributed by atoms with Gasteiger partial charge in [0.2, 0.25) is 5.75 Å². The Labute approximate surface area is 157 Å². The third kappa shape index (κ3) is 3.82. The Morgan fingerprint density at radius 1 is 0.667 bits per heavy atom. The quantitative estimate of drug-likeness (QED) is 0.374. The molecule has 3 aromatic carbocycles. The number of methoxy groups -OCH3 is 2. The van der Waals surface area contributed by atoms with Crippen LogP contribution in [0.1, 0.15) is 26.3 Å². The molecule has 0 N–H and O–H groups in total. The molecule has 27 heavy (non-hydrogen) atoms. The molecule has 0 radical (unpaired) electrons. The maximum absolute atomic E-state index is 13.0. The van der Waals surface area contributed by atoms with E-state index < -0.39 is 5.97 Å². The Kier molecular flexibility index (Phi) is 5.52. The van der Waals surface area contributed by atoms with Gasteiger partial charge in [0.15, 0.2) is 17.3 Å². The van der Waals surface area contributed by atoms with E-state index in [0.717, 1.165) is 0 Å². The molecule has 5 nitrogen and oxygen atoms in total. The maximum Gasteiger partial charge on any atom is 0.343 e. The minimum Gasteiger partial charge on any atom is -0.493 e. The minimum atomic E-state index is -0.593. The van der Waals surface area contributed by atoms with E-state index in [4.69, 9.17) is 14.2 Å². The van der Waals surface area contributed by atoms with Gasteiger partial charge >= 0.3 is 5.97 Å². The molecule has 0 saturated carbocycles. The van der Waals surface area contributed by atoms with Gasteiger partial charge in [-0.2, -0.15) is 0 Å². The number of hydrogen-bond donors (Lipinski definition) is 0. The highest BCUT2D eigenvalue weighted by Crippen LogP contribution is 2.41. The van der Waals surface area contributed by atoms with Crippen molar-refractivity contribution in [2.24, 2.45) is 0 Å². The molecule has 0 spiro atoms. The molecule has 0 bridgehead atoms. The monoisotopic (exact) mass is 362 g/mol. The molecule has 0 aliphatic heterocycles. The number of esters is 1. The van der Waals surface area contributed by atoms with Gasteiger partial charge in [-0.25, -0.2) is 4.79 Å². The van der Waals surface area contributed by atoms with Gasteiger partial charge in [0.25, 0.3) is 0 Å². The van der Waals surface area contributed by atoms with Crippen LogP contribution >= 0.6 is 0 Å². The molecule has 3 aromatic rings. The highest BCUT2D eigenvalue weighted by Gasteiger charge is 2.24. The van der Waals surface area contributed by atoms with Crippen LogP contribution in [0.2, 0.25) is 0 Å². The topological polar surface area (TPSA) is 61.8 Å². The number of ether oxygens (including phenoxy) is 3. The standard InChI is InChI=1S/C22H18O5/c1-25-18-14-13-17(19(23)15-9-5-3-6-10-15)20(21(18)26-2)27-22(24)16-11-7-4-8-12-16/h3-14H,1-2H3. The fourth-order valence-corrected chi connectivity index (χ4v) is 2.65. The zero-order chi connectivity index (χ0) is 19.2. The first-order chi connectivity index (χ1) is 13.2. The lowest BCUT2D eigenvalue weighted by Gasteiger charge is -2.16. The lowest BCUT2D eigenvalue weighted by molar-refractivity contribution is 0.0727. The Morgan fingerprint density at radius 2 is 1.26 bits per heavy atom. The van der Waals surface area contributed by atoms with Crippen molar-refractivity contribution in [1.29, 1.82) is 0 Å². The van der Waals surface area contributed by atoms with Gasteiger partial charge in [0.05, 0.1) is 25.3 Å². The molecule has 0 unspecified atom stereocenters. The van der Waals surface area contributed by atoms with Crippen LogP contribution in [0.3, 0.4) is 0 Å². The van der Waals surface area contributed by atoms with Crippen molar-refractivity contribution < 1.29 is 23.8 Å². The zero-order valence-corrected chi connectivity index (χ0v) is 15.0. The first kappa shape index (κ1) is 18.2. The highest BCUT2D eigenvalue weighted by atomic mass is 16.6. The Bertz CT molecular complexity index is 949. The van der Waals surface area contributed by atoms with Crippen molar-refractivity contribution in [3.8, 4) is 17.2 Å². The van der Waals surface area contributed by atoms with Gasteiger partial charge in [-0.1, -0.05) is 48.5 Å². The SMILES string of the molecule is COc1ccc(C(=O)c2ccccc2)c(OC(=O)c2ccccc2)c1OC. The lowest BCUT2D eigenvalue weighted by atomic mass is 10.0. The van der Waals surface area contributed by atoms with Crippen molar-refractivity contribution in [2.45, 2.75) is 0 Å². The summed E-state index contributed by atoms with van der Waals surface area (Å²) in [5, 5.41) is 0. The van der Waals surface area contributed by atoms with Crippen LogP contribution in [0.4, 0.5) is 0 Å². The molecule has 0 aromatic heterocycles. The van der Waals surface area contributed by atoms with E-state index in [2.05, 4.69) is 0 Å². The fraction of sp³-hybridized carbons (Fsp3) is 0.0909. The van der Waals surface area contributed by atoms with Gasteiger partial charge < -0.3 is 14.2 Å². The van der Waals surface area contributed by atoms with E-state index >= 15 is 0 Å². The average Bonchev–Trinajstić information content (AvgIpc) is 2.74. The number of carbonyl (C=O) groups is 2. The minimum absolute atomic E-state index is 0.0274. The molecular formula is C22H18O5. The fourth-order valence-electron chi connectivity index (χ4n) is 2.65. The van der Waals surface area contributed by atoms with E-state index in [1.165, 1.54) is 14.2 Å². The summed E-state index contributed by atoms with van der Waals surface area (Å²) in [6.07, 6.45) is 0. The van der Waals surface area contributed by atoms with Crippen LogP contribution in [0, 0.1) is 0 Å². The van der Waals surface area contributed by atoms with E-state index in [-0.39, 0.29) is 22.8 Å². The molecule has 0 saturated heterocycles. The Balaban J connectivity index is 2.08. The summed E-state index contributed by atoms with van der Waals surface area (Å²) < 4.78 is 16.2. The van der Waals surface area contributed by atoms with Crippen molar-refractivity contribution >= 4 is 11.8 Å². The first-order valence-electron chi connectivity index (χ1n) is 8.27. The van der Waals surface area contributed by atoms with Crippen molar-refractivity contribution in [2.75, 3.05) is 14.2 Å². The molecule has 0 aliphatic carbocycles. The first-order valence-corrected chi connectivity index (χ1v) is 8.27. The third-order valence-corrected chi connectivity index (χ3v) is 3.98. The lowest BCUT2D eigenvalue weighted by Crippen LogP contribution is -2.13. The van der Waals surface area contributed by atoms with Crippen molar-refractivity contribution in [3.63, 3.8) is 0 Å². The van der Waals surface area contributed by atoms with Crippen LogP contribution in [0.5, 0.6) is 17.2 Å². The second-order valence-corrected chi connectivity index (χ2v) is 5.63. The van der Waals surface area contributed by atoms with Crippen molar-refractivity contribution in [1.82, 2.24) is 0 Å². The molecule has 0 fully saturated rings. The van der Waals surface area contributed by atoms with E-state index in [1.54, 1.807) is 66.7 Å². The molecule has 5 heteroatoms. The Hall–Kier alpha value is -3.60. The van der Waals surface area contributed by atoms with Crippen LogP contribution < -0.4 is 14.2 Å².